The number of ether oxygens (including phenoxy) is 3. The van der Waals surface area contributed by atoms with Crippen LogP contribution in [0.15, 0.2) is 91.5 Å². The van der Waals surface area contributed by atoms with Crippen LogP contribution in [0.1, 0.15) is 0 Å². The minimum Gasteiger partial charge on any atom is -0.491 e. The number of rotatable bonds is 14. The first-order chi connectivity index (χ1) is 19.1. The average molecular weight is 529 g/mol. The Hall–Kier alpha value is -5.16. The number of nitrogens with zero attached hydrogens (tertiary/aromatic N) is 3. The summed E-state index contributed by atoms with van der Waals surface area (Å²) in [4.78, 5) is 24.7. The molecule has 0 aliphatic rings. The SMILES string of the molecule is C=CC(=O)OCCOc1cccc(Nc2nc(Nc3ccccc3)nc(Nc3cccc(OCCO)c3)n2)c1. The summed E-state index contributed by atoms with van der Waals surface area (Å²) in [5.41, 5.74) is 2.19. The number of aromatic nitrogens is 3. The average Bonchev–Trinajstić information content (AvgIpc) is 2.95. The summed E-state index contributed by atoms with van der Waals surface area (Å²) < 4.78 is 16.1. The summed E-state index contributed by atoms with van der Waals surface area (Å²) >= 11 is 0. The molecule has 11 nitrogen and oxygen atoms in total. The fraction of sp³-hybridized carbons (Fsp3) is 0.143. The molecule has 0 radical (unpaired) electrons. The summed E-state index contributed by atoms with van der Waals surface area (Å²) in [6.07, 6.45) is 1.10. The fourth-order valence-corrected chi connectivity index (χ4v) is 3.30. The molecule has 1 heterocycles. The van der Waals surface area contributed by atoms with Crippen LogP contribution in [-0.2, 0) is 9.53 Å². The van der Waals surface area contributed by atoms with Crippen LogP contribution < -0.4 is 25.4 Å². The molecular weight excluding hydrogens is 500 g/mol. The lowest BCUT2D eigenvalue weighted by Crippen LogP contribution is -2.10. The van der Waals surface area contributed by atoms with Crippen molar-refractivity contribution in [3.05, 3.63) is 91.5 Å². The summed E-state index contributed by atoms with van der Waals surface area (Å²) in [5.74, 6) is 1.57. The first-order valence-corrected chi connectivity index (χ1v) is 12.1. The van der Waals surface area contributed by atoms with Gasteiger partial charge in [-0.3, -0.25) is 0 Å². The number of anilines is 6. The lowest BCUT2D eigenvalue weighted by atomic mass is 10.3. The molecule has 4 N–H and O–H groups in total. The van der Waals surface area contributed by atoms with Gasteiger partial charge >= 0.3 is 5.97 Å². The maximum Gasteiger partial charge on any atom is 0.330 e. The molecule has 0 aliphatic heterocycles. The highest BCUT2D eigenvalue weighted by Crippen LogP contribution is 2.24. The van der Waals surface area contributed by atoms with E-state index in [9.17, 15) is 4.79 Å². The highest BCUT2D eigenvalue weighted by Gasteiger charge is 2.10. The second-order valence-electron chi connectivity index (χ2n) is 7.90. The molecule has 0 atom stereocenters. The number of carbonyl (C=O) groups is 1. The number of aliphatic hydroxyl groups is 1. The van der Waals surface area contributed by atoms with Crippen molar-refractivity contribution in [3.63, 3.8) is 0 Å². The number of carbonyl (C=O) groups excluding carboxylic acids is 1. The van der Waals surface area contributed by atoms with E-state index in [2.05, 4.69) is 37.5 Å². The molecule has 4 aromatic rings. The van der Waals surface area contributed by atoms with Crippen molar-refractivity contribution >= 4 is 40.9 Å². The van der Waals surface area contributed by atoms with Crippen LogP contribution in [0.2, 0.25) is 0 Å². The molecule has 0 saturated carbocycles. The van der Waals surface area contributed by atoms with E-state index in [1.165, 1.54) is 0 Å². The molecular formula is C28H28N6O5. The molecule has 0 amide bonds. The molecule has 4 rings (SSSR count). The van der Waals surface area contributed by atoms with Gasteiger partial charge in [0.25, 0.3) is 0 Å². The van der Waals surface area contributed by atoms with Crippen LogP contribution in [0, 0.1) is 0 Å². The first-order valence-electron chi connectivity index (χ1n) is 12.1. The Morgan fingerprint density at radius 3 is 1.77 bits per heavy atom. The highest BCUT2D eigenvalue weighted by atomic mass is 16.6. The Morgan fingerprint density at radius 2 is 1.23 bits per heavy atom. The lowest BCUT2D eigenvalue weighted by molar-refractivity contribution is -0.138. The van der Waals surface area contributed by atoms with Crippen molar-refractivity contribution < 1.29 is 24.1 Å². The fourth-order valence-electron chi connectivity index (χ4n) is 3.30. The third-order valence-corrected chi connectivity index (χ3v) is 4.97. The van der Waals surface area contributed by atoms with Crippen molar-refractivity contribution in [3.8, 4) is 11.5 Å². The van der Waals surface area contributed by atoms with Crippen molar-refractivity contribution in [1.82, 2.24) is 15.0 Å². The van der Waals surface area contributed by atoms with E-state index in [0.29, 0.717) is 34.8 Å². The predicted molar refractivity (Wildman–Crippen MR) is 148 cm³/mol. The minimum absolute atomic E-state index is 0.0797. The van der Waals surface area contributed by atoms with Crippen LogP contribution in [0.4, 0.5) is 34.9 Å². The maximum atomic E-state index is 11.2. The molecule has 1 aromatic heterocycles. The number of esters is 1. The number of hydrogen-bond donors (Lipinski definition) is 4. The molecule has 0 fully saturated rings. The number of hydrogen-bond acceptors (Lipinski definition) is 11. The summed E-state index contributed by atoms with van der Waals surface area (Å²) in [5, 5.41) is 18.6. The van der Waals surface area contributed by atoms with E-state index >= 15 is 0 Å². The van der Waals surface area contributed by atoms with Gasteiger partial charge in [-0.15, -0.1) is 0 Å². The molecule has 0 bridgehead atoms. The smallest absolute Gasteiger partial charge is 0.330 e. The zero-order chi connectivity index (χ0) is 27.3. The van der Waals surface area contributed by atoms with Gasteiger partial charge in [-0.05, 0) is 36.4 Å². The van der Waals surface area contributed by atoms with E-state index in [1.807, 2.05) is 54.6 Å². The number of aliphatic hydroxyl groups excluding tert-OH is 1. The molecule has 0 saturated heterocycles. The van der Waals surface area contributed by atoms with Gasteiger partial charge in [0.2, 0.25) is 17.8 Å². The standard InChI is InChI=1S/C28H28N6O5/c1-2-25(36)39-17-16-38-24-13-7-11-22(19-24)31-28-33-26(29-20-8-4-3-5-9-20)32-27(34-28)30-21-10-6-12-23(18-21)37-15-14-35/h2-13,18-19,35H,1,14-17H2,(H3,29,30,31,32,33,34). The molecule has 39 heavy (non-hydrogen) atoms. The van der Waals surface area contributed by atoms with E-state index in [1.54, 1.807) is 24.3 Å². The third kappa shape index (κ3) is 8.72. The number of para-hydroxylation sites is 1. The monoisotopic (exact) mass is 528 g/mol. The Labute approximate surface area is 225 Å². The van der Waals surface area contributed by atoms with Crippen molar-refractivity contribution in [2.24, 2.45) is 0 Å². The Bertz CT molecular complexity index is 1390. The second kappa shape index (κ2) is 14.0. The normalized spacial score (nSPS) is 10.3. The van der Waals surface area contributed by atoms with Gasteiger partial charge in [-0.2, -0.15) is 15.0 Å². The topological polar surface area (TPSA) is 140 Å². The Morgan fingerprint density at radius 1 is 0.718 bits per heavy atom. The summed E-state index contributed by atoms with van der Waals surface area (Å²) in [6.45, 7) is 3.76. The van der Waals surface area contributed by atoms with Crippen LogP contribution in [0.25, 0.3) is 0 Å². The van der Waals surface area contributed by atoms with Gasteiger partial charge in [-0.1, -0.05) is 36.9 Å². The van der Waals surface area contributed by atoms with E-state index < -0.39 is 5.97 Å². The van der Waals surface area contributed by atoms with Crippen LogP contribution in [0.5, 0.6) is 11.5 Å². The minimum atomic E-state index is -0.502. The van der Waals surface area contributed by atoms with Gasteiger partial charge in [0.05, 0.1) is 6.61 Å². The van der Waals surface area contributed by atoms with Gasteiger partial charge in [0, 0.05) is 35.3 Å². The molecule has 0 unspecified atom stereocenters. The van der Waals surface area contributed by atoms with E-state index in [4.69, 9.17) is 19.3 Å². The molecule has 3 aromatic carbocycles. The predicted octanol–water partition coefficient (Wildman–Crippen LogP) is 4.58. The molecule has 0 aliphatic carbocycles. The van der Waals surface area contributed by atoms with Gasteiger partial charge in [-0.25, -0.2) is 4.79 Å². The quantitative estimate of drug-likeness (QED) is 0.104. The van der Waals surface area contributed by atoms with Crippen LogP contribution in [-0.4, -0.2) is 52.5 Å². The molecule has 0 spiro atoms. The Kier molecular flexibility index (Phi) is 9.62. The maximum absolute atomic E-state index is 11.2. The zero-order valence-corrected chi connectivity index (χ0v) is 21.0. The first kappa shape index (κ1) is 26.9. The van der Waals surface area contributed by atoms with Crippen LogP contribution >= 0.6 is 0 Å². The van der Waals surface area contributed by atoms with Crippen LogP contribution in [0.3, 0.4) is 0 Å². The second-order valence-corrected chi connectivity index (χ2v) is 7.90. The van der Waals surface area contributed by atoms with E-state index in [0.717, 1.165) is 11.8 Å². The highest BCUT2D eigenvalue weighted by molar-refractivity contribution is 5.81. The summed E-state index contributed by atoms with van der Waals surface area (Å²) in [6, 6.07) is 24.0. The Balaban J connectivity index is 1.52. The van der Waals surface area contributed by atoms with Crippen molar-refractivity contribution in [1.29, 1.82) is 0 Å². The molecule has 11 heteroatoms. The molecule has 200 valence electrons. The van der Waals surface area contributed by atoms with Crippen molar-refractivity contribution in [2.75, 3.05) is 42.4 Å². The van der Waals surface area contributed by atoms with E-state index in [-0.39, 0.29) is 32.4 Å². The lowest BCUT2D eigenvalue weighted by Gasteiger charge is -2.13. The largest absolute Gasteiger partial charge is 0.491 e. The number of nitrogens with one attached hydrogen (secondary N) is 3. The third-order valence-electron chi connectivity index (χ3n) is 4.97. The number of benzene rings is 3. The van der Waals surface area contributed by atoms with Crippen molar-refractivity contribution in [2.45, 2.75) is 0 Å². The van der Waals surface area contributed by atoms with Gasteiger partial charge < -0.3 is 35.3 Å². The zero-order valence-electron chi connectivity index (χ0n) is 21.0. The summed E-state index contributed by atoms with van der Waals surface area (Å²) in [7, 11) is 0. The van der Waals surface area contributed by atoms with Gasteiger partial charge in [0.15, 0.2) is 0 Å². The van der Waals surface area contributed by atoms with Gasteiger partial charge in [0.1, 0.15) is 31.3 Å².